The average Bonchev–Trinajstić information content (AvgIpc) is 2.73. The first kappa shape index (κ1) is 22.4. The van der Waals surface area contributed by atoms with Crippen LogP contribution >= 0.6 is 0 Å². The molecule has 0 radical (unpaired) electrons. The van der Waals surface area contributed by atoms with Crippen molar-refractivity contribution >= 4 is 23.1 Å². The van der Waals surface area contributed by atoms with E-state index < -0.39 is 11.7 Å². The largest absolute Gasteiger partial charge is 0.494 e. The number of nitrogens with one attached hydrogen (secondary N) is 2. The number of rotatable bonds is 9. The minimum absolute atomic E-state index is 0.0572. The maximum absolute atomic E-state index is 13.5. The molecule has 5 nitrogen and oxygen atoms in total. The fourth-order valence-corrected chi connectivity index (χ4v) is 3.00. The van der Waals surface area contributed by atoms with Crippen LogP contribution in [0.5, 0.6) is 5.75 Å². The number of alkyl halides is 3. The lowest BCUT2D eigenvalue weighted by atomic mass is 10.1. The first-order valence-electron chi connectivity index (χ1n) is 10.2. The first-order valence-corrected chi connectivity index (χ1v) is 10.2. The molecule has 0 aliphatic rings. The highest BCUT2D eigenvalue weighted by Crippen LogP contribution is 2.35. The Bertz CT molecular complexity index is 991. The Kier molecular flexibility index (Phi) is 7.33. The molecule has 0 saturated carbocycles. The van der Waals surface area contributed by atoms with Crippen molar-refractivity contribution < 1.29 is 17.9 Å². The van der Waals surface area contributed by atoms with Gasteiger partial charge in [-0.3, -0.25) is 0 Å². The number of unbranched alkanes of at least 4 members (excludes halogenated alkanes) is 1. The third-order valence-electron chi connectivity index (χ3n) is 4.52. The molecule has 2 aromatic carbocycles. The average molecular weight is 430 g/mol. The van der Waals surface area contributed by atoms with Crippen LogP contribution < -0.4 is 15.4 Å². The Morgan fingerprint density at radius 2 is 1.74 bits per heavy atom. The van der Waals surface area contributed by atoms with Crippen LogP contribution in [0.2, 0.25) is 0 Å². The lowest BCUT2D eigenvalue weighted by Crippen LogP contribution is -2.12. The van der Waals surface area contributed by atoms with Gasteiger partial charge in [-0.05, 0) is 61.7 Å². The van der Waals surface area contributed by atoms with E-state index in [2.05, 4.69) is 27.5 Å². The van der Waals surface area contributed by atoms with Crippen LogP contribution in [-0.2, 0) is 12.6 Å². The highest BCUT2D eigenvalue weighted by atomic mass is 19.4. The van der Waals surface area contributed by atoms with Gasteiger partial charge in [0, 0.05) is 17.6 Å². The van der Waals surface area contributed by atoms with Crippen molar-refractivity contribution in [3.8, 4) is 5.75 Å². The SMILES string of the molecule is CCCCc1cccc(Nc2nc(Nc3ccc(OCC)cc3)ncc2C(F)(F)F)c1. The standard InChI is InChI=1S/C23H25F3N4O/c1-3-5-7-16-8-6-9-18(14-16)28-21-20(23(24,25)26)15-27-22(30-21)29-17-10-12-19(13-11-17)31-4-2/h6,8-15H,3-5,7H2,1-2H3,(H2,27,28,29,30). The zero-order chi connectivity index (χ0) is 22.3. The molecule has 0 aliphatic heterocycles. The van der Waals surface area contributed by atoms with Crippen LogP contribution in [0.25, 0.3) is 0 Å². The lowest BCUT2D eigenvalue weighted by molar-refractivity contribution is -0.137. The number of hydrogen-bond donors (Lipinski definition) is 2. The van der Waals surface area contributed by atoms with E-state index in [0.29, 0.717) is 23.7 Å². The van der Waals surface area contributed by atoms with Gasteiger partial charge in [-0.25, -0.2) is 4.98 Å². The van der Waals surface area contributed by atoms with E-state index in [1.54, 1.807) is 30.3 Å². The summed E-state index contributed by atoms with van der Waals surface area (Å²) in [6, 6.07) is 14.4. The molecule has 1 heterocycles. The van der Waals surface area contributed by atoms with Crippen molar-refractivity contribution in [2.75, 3.05) is 17.2 Å². The van der Waals surface area contributed by atoms with Crippen LogP contribution in [0.15, 0.2) is 54.7 Å². The number of ether oxygens (including phenoxy) is 1. The van der Waals surface area contributed by atoms with E-state index in [4.69, 9.17) is 4.74 Å². The molecule has 0 fully saturated rings. The number of benzene rings is 2. The summed E-state index contributed by atoms with van der Waals surface area (Å²) in [5.74, 6) is 0.456. The van der Waals surface area contributed by atoms with Crippen molar-refractivity contribution in [3.05, 3.63) is 65.9 Å². The summed E-state index contributed by atoms with van der Waals surface area (Å²) < 4.78 is 45.9. The topological polar surface area (TPSA) is 59.1 Å². The lowest BCUT2D eigenvalue weighted by Gasteiger charge is -2.15. The molecule has 0 atom stereocenters. The fraction of sp³-hybridized carbons (Fsp3) is 0.304. The minimum Gasteiger partial charge on any atom is -0.494 e. The second kappa shape index (κ2) is 10.1. The van der Waals surface area contributed by atoms with Crippen LogP contribution in [-0.4, -0.2) is 16.6 Å². The fourth-order valence-electron chi connectivity index (χ4n) is 3.00. The summed E-state index contributed by atoms with van der Waals surface area (Å²) in [6.07, 6.45) is -0.872. The highest BCUT2D eigenvalue weighted by Gasteiger charge is 2.35. The van der Waals surface area contributed by atoms with E-state index in [1.165, 1.54) is 0 Å². The van der Waals surface area contributed by atoms with E-state index in [1.807, 2.05) is 25.1 Å². The molecule has 2 N–H and O–H groups in total. The second-order valence-corrected chi connectivity index (χ2v) is 6.96. The number of halogens is 3. The van der Waals surface area contributed by atoms with E-state index in [9.17, 15) is 13.2 Å². The summed E-state index contributed by atoms with van der Waals surface area (Å²) in [5.41, 5.74) is 1.31. The van der Waals surface area contributed by atoms with Crippen molar-refractivity contribution in [2.45, 2.75) is 39.3 Å². The van der Waals surface area contributed by atoms with Gasteiger partial charge in [-0.2, -0.15) is 18.2 Å². The van der Waals surface area contributed by atoms with E-state index in [0.717, 1.165) is 31.0 Å². The zero-order valence-corrected chi connectivity index (χ0v) is 17.5. The van der Waals surface area contributed by atoms with Gasteiger partial charge in [-0.1, -0.05) is 25.5 Å². The van der Waals surface area contributed by atoms with Crippen molar-refractivity contribution in [1.82, 2.24) is 9.97 Å². The number of aryl methyl sites for hydroxylation is 1. The predicted octanol–water partition coefficient (Wildman–Crippen LogP) is 6.72. The molecule has 0 spiro atoms. The Balaban J connectivity index is 1.85. The van der Waals surface area contributed by atoms with Gasteiger partial charge < -0.3 is 15.4 Å². The molecule has 0 amide bonds. The number of hydrogen-bond acceptors (Lipinski definition) is 5. The third-order valence-corrected chi connectivity index (χ3v) is 4.52. The smallest absolute Gasteiger partial charge is 0.421 e. The van der Waals surface area contributed by atoms with E-state index in [-0.39, 0.29) is 11.8 Å². The van der Waals surface area contributed by atoms with Crippen molar-refractivity contribution in [2.24, 2.45) is 0 Å². The molecule has 8 heteroatoms. The first-order chi connectivity index (χ1) is 14.9. The van der Waals surface area contributed by atoms with Gasteiger partial charge in [0.05, 0.1) is 6.61 Å². The van der Waals surface area contributed by atoms with Gasteiger partial charge in [0.15, 0.2) is 0 Å². The van der Waals surface area contributed by atoms with Crippen molar-refractivity contribution in [3.63, 3.8) is 0 Å². The maximum atomic E-state index is 13.5. The normalized spacial score (nSPS) is 11.3. The molecule has 31 heavy (non-hydrogen) atoms. The minimum atomic E-state index is -4.58. The van der Waals surface area contributed by atoms with Crippen LogP contribution in [0.3, 0.4) is 0 Å². The third kappa shape index (κ3) is 6.34. The Hall–Kier alpha value is -3.29. The molecule has 1 aromatic heterocycles. The maximum Gasteiger partial charge on any atom is 0.421 e. The Morgan fingerprint density at radius 1 is 0.968 bits per heavy atom. The summed E-state index contributed by atoms with van der Waals surface area (Å²) >= 11 is 0. The predicted molar refractivity (Wildman–Crippen MR) is 116 cm³/mol. The van der Waals surface area contributed by atoms with Gasteiger partial charge in [0.1, 0.15) is 17.1 Å². The number of nitrogens with zero attached hydrogens (tertiary/aromatic N) is 2. The summed E-state index contributed by atoms with van der Waals surface area (Å²) in [6.45, 7) is 4.52. The Morgan fingerprint density at radius 3 is 2.42 bits per heavy atom. The van der Waals surface area contributed by atoms with Gasteiger partial charge in [0.2, 0.25) is 5.95 Å². The summed E-state index contributed by atoms with van der Waals surface area (Å²) in [4.78, 5) is 7.94. The number of aromatic nitrogens is 2. The monoisotopic (exact) mass is 430 g/mol. The molecule has 0 unspecified atom stereocenters. The number of anilines is 4. The quantitative estimate of drug-likeness (QED) is 0.394. The second-order valence-electron chi connectivity index (χ2n) is 6.96. The molecule has 0 saturated heterocycles. The van der Waals surface area contributed by atoms with Crippen LogP contribution in [0.1, 0.15) is 37.8 Å². The summed E-state index contributed by atoms with van der Waals surface area (Å²) in [5, 5.41) is 5.75. The molecule has 164 valence electrons. The molecule has 0 aliphatic carbocycles. The molecular weight excluding hydrogens is 405 g/mol. The molecule has 3 rings (SSSR count). The van der Waals surface area contributed by atoms with E-state index >= 15 is 0 Å². The molecular formula is C23H25F3N4O. The zero-order valence-electron chi connectivity index (χ0n) is 17.5. The van der Waals surface area contributed by atoms with Gasteiger partial charge in [0.25, 0.3) is 0 Å². The highest BCUT2D eigenvalue weighted by molar-refractivity contribution is 5.63. The molecule has 3 aromatic rings. The van der Waals surface area contributed by atoms with Crippen molar-refractivity contribution in [1.29, 1.82) is 0 Å². The van der Waals surface area contributed by atoms with Crippen LogP contribution in [0.4, 0.5) is 36.3 Å². The summed E-state index contributed by atoms with van der Waals surface area (Å²) in [7, 11) is 0. The van der Waals surface area contributed by atoms with Crippen LogP contribution in [0, 0.1) is 0 Å². The Labute approximate surface area is 179 Å². The van der Waals surface area contributed by atoms with Gasteiger partial charge in [-0.15, -0.1) is 0 Å². The van der Waals surface area contributed by atoms with Gasteiger partial charge >= 0.3 is 6.18 Å². The molecule has 0 bridgehead atoms.